The second kappa shape index (κ2) is 5.49. The van der Waals surface area contributed by atoms with Crippen molar-refractivity contribution >= 4 is 11.9 Å². The Balaban J connectivity index is 2.67. The van der Waals surface area contributed by atoms with Gasteiger partial charge in [0.1, 0.15) is 5.54 Å². The molecule has 1 aliphatic heterocycles. The van der Waals surface area contributed by atoms with Gasteiger partial charge in [0.25, 0.3) is 0 Å². The van der Waals surface area contributed by atoms with E-state index < -0.39 is 11.5 Å². The van der Waals surface area contributed by atoms with Crippen molar-refractivity contribution in [3.63, 3.8) is 0 Å². The first kappa shape index (κ1) is 14.0. The van der Waals surface area contributed by atoms with Crippen LogP contribution in [-0.4, -0.2) is 35.2 Å². The second-order valence-electron chi connectivity index (χ2n) is 4.85. The van der Waals surface area contributed by atoms with E-state index in [0.29, 0.717) is 25.9 Å². The number of nitrogens with one attached hydrogen (secondary N) is 1. The molecule has 0 saturated carbocycles. The molecule has 0 bridgehead atoms. The van der Waals surface area contributed by atoms with E-state index in [1.165, 1.54) is 0 Å². The quantitative estimate of drug-likeness (QED) is 0.760. The van der Waals surface area contributed by atoms with E-state index >= 15 is 0 Å². The standard InChI is InChI=1S/C12H21NO4/c1-4-6-12(3,11(15)16)13-10(14)9-5-7-17-8(9)2/h8-9H,4-7H2,1-3H3,(H,13,14)(H,15,16). The Morgan fingerprint density at radius 2 is 2.18 bits per heavy atom. The molecule has 2 N–H and O–H groups in total. The molecule has 98 valence electrons. The maximum absolute atomic E-state index is 12.0. The van der Waals surface area contributed by atoms with Crippen LogP contribution in [0.15, 0.2) is 0 Å². The highest BCUT2D eigenvalue weighted by molar-refractivity contribution is 5.88. The van der Waals surface area contributed by atoms with Crippen molar-refractivity contribution in [1.82, 2.24) is 5.32 Å². The third kappa shape index (κ3) is 3.19. The fourth-order valence-corrected chi connectivity index (χ4v) is 2.16. The van der Waals surface area contributed by atoms with Crippen molar-refractivity contribution in [3.8, 4) is 0 Å². The summed E-state index contributed by atoms with van der Waals surface area (Å²) in [5, 5.41) is 11.8. The minimum Gasteiger partial charge on any atom is -0.480 e. The van der Waals surface area contributed by atoms with Crippen molar-refractivity contribution in [3.05, 3.63) is 0 Å². The largest absolute Gasteiger partial charge is 0.480 e. The fraction of sp³-hybridized carbons (Fsp3) is 0.833. The van der Waals surface area contributed by atoms with Gasteiger partial charge in [-0.15, -0.1) is 0 Å². The summed E-state index contributed by atoms with van der Waals surface area (Å²) in [6.07, 6.45) is 1.67. The molecule has 1 saturated heterocycles. The van der Waals surface area contributed by atoms with Gasteiger partial charge < -0.3 is 15.2 Å². The summed E-state index contributed by atoms with van der Waals surface area (Å²) >= 11 is 0. The number of amides is 1. The molecule has 3 atom stereocenters. The highest BCUT2D eigenvalue weighted by Crippen LogP contribution is 2.22. The average Bonchev–Trinajstić information content (AvgIpc) is 2.64. The van der Waals surface area contributed by atoms with Gasteiger partial charge in [-0.05, 0) is 26.7 Å². The van der Waals surface area contributed by atoms with Crippen molar-refractivity contribution in [1.29, 1.82) is 0 Å². The zero-order chi connectivity index (χ0) is 13.1. The van der Waals surface area contributed by atoms with Crippen LogP contribution in [0.2, 0.25) is 0 Å². The molecule has 0 aromatic heterocycles. The molecule has 0 aromatic rings. The summed E-state index contributed by atoms with van der Waals surface area (Å²) in [5.41, 5.74) is -1.17. The second-order valence-corrected chi connectivity index (χ2v) is 4.85. The van der Waals surface area contributed by atoms with E-state index in [9.17, 15) is 14.7 Å². The number of carboxylic acids is 1. The summed E-state index contributed by atoms with van der Waals surface area (Å²) < 4.78 is 5.31. The lowest BCUT2D eigenvalue weighted by Gasteiger charge is -2.27. The summed E-state index contributed by atoms with van der Waals surface area (Å²) in [6, 6.07) is 0. The zero-order valence-corrected chi connectivity index (χ0v) is 10.7. The topological polar surface area (TPSA) is 75.6 Å². The molecule has 1 heterocycles. The molecule has 1 rings (SSSR count). The van der Waals surface area contributed by atoms with Gasteiger partial charge in [-0.25, -0.2) is 4.79 Å². The Hall–Kier alpha value is -1.10. The minimum absolute atomic E-state index is 0.130. The number of hydrogen-bond donors (Lipinski definition) is 2. The average molecular weight is 243 g/mol. The predicted octanol–water partition coefficient (Wildman–Crippen LogP) is 1.17. The lowest BCUT2D eigenvalue weighted by atomic mass is 9.93. The number of rotatable bonds is 5. The molecular weight excluding hydrogens is 222 g/mol. The maximum atomic E-state index is 12.0. The number of carbonyl (C=O) groups excluding carboxylic acids is 1. The number of ether oxygens (including phenoxy) is 1. The maximum Gasteiger partial charge on any atom is 0.329 e. The van der Waals surface area contributed by atoms with Gasteiger partial charge >= 0.3 is 5.97 Å². The summed E-state index contributed by atoms with van der Waals surface area (Å²) in [4.78, 5) is 23.2. The molecule has 3 unspecified atom stereocenters. The Morgan fingerprint density at radius 1 is 1.53 bits per heavy atom. The first-order chi connectivity index (χ1) is 7.90. The Labute approximate surface area is 102 Å². The summed E-state index contributed by atoms with van der Waals surface area (Å²) in [6.45, 7) is 5.86. The summed E-state index contributed by atoms with van der Waals surface area (Å²) in [7, 11) is 0. The smallest absolute Gasteiger partial charge is 0.329 e. The van der Waals surface area contributed by atoms with Gasteiger partial charge in [0.2, 0.25) is 5.91 Å². The highest BCUT2D eigenvalue weighted by Gasteiger charge is 2.38. The van der Waals surface area contributed by atoms with E-state index in [-0.39, 0.29) is 17.9 Å². The predicted molar refractivity (Wildman–Crippen MR) is 62.6 cm³/mol. The van der Waals surface area contributed by atoms with Crippen LogP contribution in [-0.2, 0) is 14.3 Å². The van der Waals surface area contributed by atoms with E-state index in [4.69, 9.17) is 4.74 Å². The third-order valence-electron chi connectivity index (χ3n) is 3.33. The molecule has 0 radical (unpaired) electrons. The number of aliphatic carboxylic acids is 1. The molecule has 5 nitrogen and oxygen atoms in total. The molecule has 0 spiro atoms. The third-order valence-corrected chi connectivity index (χ3v) is 3.33. The van der Waals surface area contributed by atoms with Crippen LogP contribution >= 0.6 is 0 Å². The van der Waals surface area contributed by atoms with E-state index in [1.807, 2.05) is 13.8 Å². The van der Waals surface area contributed by atoms with Crippen molar-refractivity contribution in [2.45, 2.75) is 51.7 Å². The van der Waals surface area contributed by atoms with E-state index in [2.05, 4.69) is 5.32 Å². The number of hydrogen-bond acceptors (Lipinski definition) is 3. The molecule has 1 amide bonds. The normalized spacial score (nSPS) is 27.5. The Morgan fingerprint density at radius 3 is 2.59 bits per heavy atom. The van der Waals surface area contributed by atoms with Crippen LogP contribution in [0.4, 0.5) is 0 Å². The van der Waals surface area contributed by atoms with Crippen LogP contribution in [0.25, 0.3) is 0 Å². The lowest BCUT2D eigenvalue weighted by Crippen LogP contribution is -2.54. The Bertz CT molecular complexity index is 305. The first-order valence-corrected chi connectivity index (χ1v) is 6.07. The Kier molecular flexibility index (Phi) is 4.51. The van der Waals surface area contributed by atoms with Crippen LogP contribution in [0.1, 0.15) is 40.0 Å². The van der Waals surface area contributed by atoms with Crippen molar-refractivity contribution in [2.24, 2.45) is 5.92 Å². The van der Waals surface area contributed by atoms with Crippen LogP contribution in [0.3, 0.4) is 0 Å². The van der Waals surface area contributed by atoms with Gasteiger partial charge in [0.15, 0.2) is 0 Å². The number of carbonyl (C=O) groups is 2. The fourth-order valence-electron chi connectivity index (χ4n) is 2.16. The first-order valence-electron chi connectivity index (χ1n) is 6.07. The molecule has 0 aliphatic carbocycles. The van der Waals surface area contributed by atoms with Gasteiger partial charge in [0.05, 0.1) is 12.0 Å². The summed E-state index contributed by atoms with van der Waals surface area (Å²) in [5.74, 6) is -1.43. The number of carboxylic acid groups (broad SMARTS) is 1. The van der Waals surface area contributed by atoms with Crippen molar-refractivity contribution in [2.75, 3.05) is 6.61 Å². The van der Waals surface area contributed by atoms with Gasteiger partial charge in [0, 0.05) is 6.61 Å². The minimum atomic E-state index is -1.17. The van der Waals surface area contributed by atoms with E-state index in [0.717, 1.165) is 0 Å². The molecule has 1 fully saturated rings. The zero-order valence-electron chi connectivity index (χ0n) is 10.7. The molecule has 17 heavy (non-hydrogen) atoms. The SMILES string of the molecule is CCCC(C)(NC(=O)C1CCOC1C)C(=O)O. The van der Waals surface area contributed by atoms with Crippen LogP contribution in [0, 0.1) is 5.92 Å². The molecule has 1 aliphatic rings. The lowest BCUT2D eigenvalue weighted by molar-refractivity contribution is -0.148. The van der Waals surface area contributed by atoms with Crippen molar-refractivity contribution < 1.29 is 19.4 Å². The van der Waals surface area contributed by atoms with Gasteiger partial charge in [-0.1, -0.05) is 13.3 Å². The van der Waals surface area contributed by atoms with Crippen LogP contribution < -0.4 is 5.32 Å². The monoisotopic (exact) mass is 243 g/mol. The molecule has 0 aromatic carbocycles. The van der Waals surface area contributed by atoms with Crippen LogP contribution in [0.5, 0.6) is 0 Å². The molecule has 5 heteroatoms. The highest BCUT2D eigenvalue weighted by atomic mass is 16.5. The van der Waals surface area contributed by atoms with E-state index in [1.54, 1.807) is 6.92 Å². The van der Waals surface area contributed by atoms with Gasteiger partial charge in [-0.2, -0.15) is 0 Å². The molecular formula is C12H21NO4. The van der Waals surface area contributed by atoms with Gasteiger partial charge in [-0.3, -0.25) is 4.79 Å².